The summed E-state index contributed by atoms with van der Waals surface area (Å²) in [6.07, 6.45) is 7.47. The van der Waals surface area contributed by atoms with Crippen LogP contribution in [0.5, 0.6) is 0 Å². The lowest BCUT2D eigenvalue weighted by Crippen LogP contribution is -2.31. The molecule has 0 spiro atoms. The largest absolute Gasteiger partial charge is 0.299 e. The number of ketones is 1. The highest BCUT2D eigenvalue weighted by atomic mass is 32.2. The molecule has 0 aromatic heterocycles. The zero-order valence-corrected chi connectivity index (χ0v) is 10.6. The van der Waals surface area contributed by atoms with Crippen molar-refractivity contribution in [3.8, 4) is 0 Å². The first-order valence-corrected chi connectivity index (χ1v) is 8.14. The third-order valence-corrected chi connectivity index (χ3v) is 5.51. The molecule has 16 heavy (non-hydrogen) atoms. The second-order valence-electron chi connectivity index (χ2n) is 5.43. The Morgan fingerprint density at radius 1 is 1.19 bits per heavy atom. The molecule has 0 aromatic rings. The second kappa shape index (κ2) is 4.47. The van der Waals surface area contributed by atoms with Crippen LogP contribution in [0.1, 0.15) is 44.9 Å². The number of carbonyl (C=O) groups excluding carboxylic acids is 1. The molecule has 0 aliphatic heterocycles. The van der Waals surface area contributed by atoms with Gasteiger partial charge in [0.2, 0.25) is 0 Å². The monoisotopic (exact) mass is 244 g/mol. The summed E-state index contributed by atoms with van der Waals surface area (Å²) in [5.41, 5.74) is 0. The van der Waals surface area contributed by atoms with Crippen LogP contribution in [0.15, 0.2) is 0 Å². The first kappa shape index (κ1) is 12.1. The SMILES string of the molecule is CS(=O)(=O)C1CCCC(C(=O)CC2CC2)C1. The lowest BCUT2D eigenvalue weighted by molar-refractivity contribution is -0.124. The molecule has 0 aromatic carbocycles. The van der Waals surface area contributed by atoms with Crippen molar-refractivity contribution >= 4 is 15.6 Å². The minimum Gasteiger partial charge on any atom is -0.299 e. The number of hydrogen-bond acceptors (Lipinski definition) is 3. The average Bonchev–Trinajstić information content (AvgIpc) is 3.00. The highest BCUT2D eigenvalue weighted by Crippen LogP contribution is 2.36. The maximum Gasteiger partial charge on any atom is 0.150 e. The van der Waals surface area contributed by atoms with Gasteiger partial charge in [0.05, 0.1) is 5.25 Å². The molecule has 2 aliphatic carbocycles. The van der Waals surface area contributed by atoms with Crippen LogP contribution in [-0.4, -0.2) is 25.7 Å². The van der Waals surface area contributed by atoms with Crippen molar-refractivity contribution in [3.63, 3.8) is 0 Å². The van der Waals surface area contributed by atoms with E-state index < -0.39 is 9.84 Å². The van der Waals surface area contributed by atoms with Gasteiger partial charge in [-0.2, -0.15) is 0 Å². The van der Waals surface area contributed by atoms with Crippen LogP contribution in [0, 0.1) is 11.8 Å². The maximum absolute atomic E-state index is 11.9. The summed E-state index contributed by atoms with van der Waals surface area (Å²) in [4.78, 5) is 11.9. The predicted octanol–water partition coefficient (Wildman–Crippen LogP) is 1.96. The van der Waals surface area contributed by atoms with Gasteiger partial charge in [-0.3, -0.25) is 4.79 Å². The lowest BCUT2D eigenvalue weighted by Gasteiger charge is -2.27. The Hall–Kier alpha value is -0.380. The quantitative estimate of drug-likeness (QED) is 0.759. The van der Waals surface area contributed by atoms with Gasteiger partial charge in [0.15, 0.2) is 0 Å². The highest BCUT2D eigenvalue weighted by Gasteiger charge is 2.34. The number of rotatable bonds is 4. The summed E-state index contributed by atoms with van der Waals surface area (Å²) in [7, 11) is -2.96. The van der Waals surface area contributed by atoms with Crippen LogP contribution in [0.2, 0.25) is 0 Å². The molecule has 2 aliphatic rings. The molecular weight excluding hydrogens is 224 g/mol. The van der Waals surface area contributed by atoms with Gasteiger partial charge in [0.1, 0.15) is 15.6 Å². The Morgan fingerprint density at radius 3 is 2.44 bits per heavy atom. The smallest absolute Gasteiger partial charge is 0.150 e. The molecule has 0 radical (unpaired) electrons. The van der Waals surface area contributed by atoms with E-state index in [1.165, 1.54) is 19.1 Å². The molecule has 2 atom stereocenters. The van der Waals surface area contributed by atoms with Gasteiger partial charge in [0, 0.05) is 18.6 Å². The fourth-order valence-corrected chi connectivity index (χ4v) is 3.78. The van der Waals surface area contributed by atoms with E-state index in [0.717, 1.165) is 19.3 Å². The number of hydrogen-bond donors (Lipinski definition) is 0. The zero-order chi connectivity index (χ0) is 11.8. The van der Waals surface area contributed by atoms with Gasteiger partial charge in [0.25, 0.3) is 0 Å². The molecule has 0 bridgehead atoms. The van der Waals surface area contributed by atoms with Crippen LogP contribution in [-0.2, 0) is 14.6 Å². The number of carbonyl (C=O) groups is 1. The normalized spacial score (nSPS) is 31.3. The molecular formula is C12H20O3S. The van der Waals surface area contributed by atoms with Crippen LogP contribution in [0.4, 0.5) is 0 Å². The van der Waals surface area contributed by atoms with E-state index in [1.54, 1.807) is 0 Å². The second-order valence-corrected chi connectivity index (χ2v) is 7.75. The van der Waals surface area contributed by atoms with Crippen molar-refractivity contribution in [1.29, 1.82) is 0 Å². The third kappa shape index (κ3) is 3.06. The minimum absolute atomic E-state index is 0.0223. The number of sulfone groups is 1. The van der Waals surface area contributed by atoms with E-state index in [4.69, 9.17) is 0 Å². The summed E-state index contributed by atoms with van der Waals surface area (Å²) in [5.74, 6) is 0.955. The summed E-state index contributed by atoms with van der Waals surface area (Å²) in [6.45, 7) is 0. The van der Waals surface area contributed by atoms with Crippen molar-refractivity contribution in [2.75, 3.05) is 6.26 Å². The van der Waals surface area contributed by atoms with E-state index >= 15 is 0 Å². The van der Waals surface area contributed by atoms with Gasteiger partial charge >= 0.3 is 0 Å². The van der Waals surface area contributed by atoms with Gasteiger partial charge in [-0.25, -0.2) is 8.42 Å². The van der Waals surface area contributed by atoms with Crippen molar-refractivity contribution < 1.29 is 13.2 Å². The molecule has 3 nitrogen and oxygen atoms in total. The fraction of sp³-hybridized carbons (Fsp3) is 0.917. The van der Waals surface area contributed by atoms with E-state index in [2.05, 4.69) is 0 Å². The average molecular weight is 244 g/mol. The Kier molecular flexibility index (Phi) is 3.38. The predicted molar refractivity (Wildman–Crippen MR) is 62.9 cm³/mol. The molecule has 4 heteroatoms. The topological polar surface area (TPSA) is 51.2 Å². The Bertz CT molecular complexity index is 368. The van der Waals surface area contributed by atoms with E-state index in [0.29, 0.717) is 24.5 Å². The van der Waals surface area contributed by atoms with Gasteiger partial charge < -0.3 is 0 Å². The molecule has 2 unspecified atom stereocenters. The summed E-state index contributed by atoms with van der Waals surface area (Å²) in [5, 5.41) is -0.269. The molecule has 0 amide bonds. The van der Waals surface area contributed by atoms with Crippen LogP contribution < -0.4 is 0 Å². The summed E-state index contributed by atoms with van der Waals surface area (Å²) in [6, 6.07) is 0. The van der Waals surface area contributed by atoms with Crippen LogP contribution in [0.25, 0.3) is 0 Å². The van der Waals surface area contributed by atoms with E-state index in [9.17, 15) is 13.2 Å². The van der Waals surface area contributed by atoms with Gasteiger partial charge in [-0.05, 0) is 38.0 Å². The first-order valence-electron chi connectivity index (χ1n) is 6.18. The molecule has 2 fully saturated rings. The van der Waals surface area contributed by atoms with E-state index in [-0.39, 0.29) is 11.2 Å². The van der Waals surface area contributed by atoms with Crippen molar-refractivity contribution in [3.05, 3.63) is 0 Å². The molecule has 0 heterocycles. The molecule has 92 valence electrons. The van der Waals surface area contributed by atoms with Crippen LogP contribution in [0.3, 0.4) is 0 Å². The van der Waals surface area contributed by atoms with Gasteiger partial charge in [-0.1, -0.05) is 6.42 Å². The highest BCUT2D eigenvalue weighted by molar-refractivity contribution is 7.91. The first-order chi connectivity index (χ1) is 7.47. The van der Waals surface area contributed by atoms with Crippen molar-refractivity contribution in [2.45, 2.75) is 50.2 Å². The van der Waals surface area contributed by atoms with Crippen molar-refractivity contribution in [1.82, 2.24) is 0 Å². The summed E-state index contributed by atoms with van der Waals surface area (Å²) >= 11 is 0. The van der Waals surface area contributed by atoms with Gasteiger partial charge in [-0.15, -0.1) is 0 Å². The summed E-state index contributed by atoms with van der Waals surface area (Å²) < 4.78 is 23.0. The fourth-order valence-electron chi connectivity index (χ4n) is 2.60. The van der Waals surface area contributed by atoms with Crippen LogP contribution >= 0.6 is 0 Å². The van der Waals surface area contributed by atoms with Crippen molar-refractivity contribution in [2.24, 2.45) is 11.8 Å². The Morgan fingerprint density at radius 2 is 1.88 bits per heavy atom. The maximum atomic E-state index is 11.9. The molecule has 0 saturated heterocycles. The number of Topliss-reactive ketones (excluding diaryl/α,β-unsaturated/α-hetero) is 1. The molecule has 2 rings (SSSR count). The third-order valence-electron chi connectivity index (χ3n) is 3.87. The lowest BCUT2D eigenvalue weighted by atomic mass is 9.84. The zero-order valence-electron chi connectivity index (χ0n) is 9.81. The molecule has 0 N–H and O–H groups in total. The Labute approximate surface area is 97.5 Å². The van der Waals surface area contributed by atoms with E-state index in [1.807, 2.05) is 0 Å². The Balaban J connectivity index is 1.92. The standard InChI is InChI=1S/C12H20O3S/c1-16(14,15)11-4-2-3-10(8-11)12(13)7-9-5-6-9/h9-11H,2-8H2,1H3. The minimum atomic E-state index is -2.96. The molecule has 2 saturated carbocycles.